The van der Waals surface area contributed by atoms with Crippen LogP contribution in [-0.2, 0) is 16.0 Å². The Bertz CT molecular complexity index is 497. The highest BCUT2D eigenvalue weighted by molar-refractivity contribution is 5.95. The van der Waals surface area contributed by atoms with Gasteiger partial charge in [0, 0.05) is 18.7 Å². The maximum absolute atomic E-state index is 12.5. The average Bonchev–Trinajstić information content (AvgIpc) is 2.46. The summed E-state index contributed by atoms with van der Waals surface area (Å²) in [5.74, 6) is -0.864. The zero-order valence-electron chi connectivity index (χ0n) is 13.2. The largest absolute Gasteiger partial charge is 0.481 e. The molecule has 0 atom stereocenters. The minimum absolute atomic E-state index is 0.0158. The highest BCUT2D eigenvalue weighted by Crippen LogP contribution is 2.27. The molecule has 1 aromatic rings. The molecule has 4 nitrogen and oxygen atoms in total. The molecule has 0 spiro atoms. The van der Waals surface area contributed by atoms with Gasteiger partial charge in [0.15, 0.2) is 0 Å². The van der Waals surface area contributed by atoms with Crippen molar-refractivity contribution < 1.29 is 14.7 Å². The van der Waals surface area contributed by atoms with Crippen molar-refractivity contribution in [3.63, 3.8) is 0 Å². The number of carbonyl (C=O) groups excluding carboxylic acids is 1. The van der Waals surface area contributed by atoms with E-state index in [1.54, 1.807) is 4.90 Å². The molecular formula is C17H25NO3. The van der Waals surface area contributed by atoms with Crippen LogP contribution in [0.3, 0.4) is 0 Å². The number of unbranched alkanes of at least 4 members (excludes halogenated alkanes) is 1. The van der Waals surface area contributed by atoms with Crippen LogP contribution in [-0.4, -0.2) is 23.5 Å². The first-order valence-corrected chi connectivity index (χ1v) is 7.61. The lowest BCUT2D eigenvalue weighted by atomic mass is 10.0. The number of para-hydroxylation sites is 1. The molecule has 1 rings (SSSR count). The monoisotopic (exact) mass is 291 g/mol. The van der Waals surface area contributed by atoms with Crippen molar-refractivity contribution in [3.8, 4) is 0 Å². The molecule has 0 unspecified atom stereocenters. The lowest BCUT2D eigenvalue weighted by Gasteiger charge is -2.26. The van der Waals surface area contributed by atoms with Gasteiger partial charge in [0.1, 0.15) is 0 Å². The van der Waals surface area contributed by atoms with Crippen LogP contribution in [0.1, 0.15) is 50.7 Å². The summed E-state index contributed by atoms with van der Waals surface area (Å²) >= 11 is 0. The highest BCUT2D eigenvalue weighted by atomic mass is 16.4. The Balaban J connectivity index is 3.10. The van der Waals surface area contributed by atoms with Gasteiger partial charge in [-0.05, 0) is 30.9 Å². The van der Waals surface area contributed by atoms with Crippen molar-refractivity contribution in [3.05, 3.63) is 29.3 Å². The molecule has 0 saturated heterocycles. The molecule has 21 heavy (non-hydrogen) atoms. The molecule has 0 radical (unpaired) electrons. The van der Waals surface area contributed by atoms with Gasteiger partial charge in [0.05, 0.1) is 6.42 Å². The smallest absolute Gasteiger partial charge is 0.305 e. The molecule has 1 N–H and O–H groups in total. The van der Waals surface area contributed by atoms with Crippen LogP contribution in [0.5, 0.6) is 0 Å². The van der Waals surface area contributed by atoms with Crippen molar-refractivity contribution in [2.75, 3.05) is 11.4 Å². The summed E-state index contributed by atoms with van der Waals surface area (Å²) in [7, 11) is 0. The van der Waals surface area contributed by atoms with Crippen LogP contribution in [0.4, 0.5) is 5.69 Å². The van der Waals surface area contributed by atoms with Crippen LogP contribution in [0, 0.1) is 6.92 Å². The quantitative estimate of drug-likeness (QED) is 0.796. The number of rotatable bonds is 8. The van der Waals surface area contributed by atoms with E-state index in [-0.39, 0.29) is 18.9 Å². The van der Waals surface area contributed by atoms with Crippen molar-refractivity contribution in [1.29, 1.82) is 0 Å². The van der Waals surface area contributed by atoms with E-state index in [0.717, 1.165) is 36.1 Å². The number of anilines is 1. The fourth-order valence-corrected chi connectivity index (χ4v) is 2.42. The van der Waals surface area contributed by atoms with Crippen LogP contribution in [0.25, 0.3) is 0 Å². The summed E-state index contributed by atoms with van der Waals surface area (Å²) in [6.07, 6.45) is 3.03. The molecule has 0 fully saturated rings. The first-order valence-electron chi connectivity index (χ1n) is 7.61. The normalized spacial score (nSPS) is 10.4. The van der Waals surface area contributed by atoms with Gasteiger partial charge < -0.3 is 10.0 Å². The zero-order chi connectivity index (χ0) is 15.8. The number of hydrogen-bond acceptors (Lipinski definition) is 2. The second-order valence-corrected chi connectivity index (χ2v) is 5.23. The molecule has 0 aliphatic rings. The number of nitrogens with zero attached hydrogens (tertiary/aromatic N) is 1. The number of hydrogen-bond donors (Lipinski definition) is 1. The molecule has 1 aromatic carbocycles. The minimum atomic E-state index is -0.880. The maximum atomic E-state index is 12.5. The van der Waals surface area contributed by atoms with E-state index >= 15 is 0 Å². The Morgan fingerprint density at radius 1 is 1.19 bits per heavy atom. The molecule has 116 valence electrons. The third-order valence-electron chi connectivity index (χ3n) is 3.57. The van der Waals surface area contributed by atoms with Gasteiger partial charge in [0.25, 0.3) is 0 Å². The Hall–Kier alpha value is -1.84. The topological polar surface area (TPSA) is 57.6 Å². The first-order chi connectivity index (χ1) is 10.0. The Morgan fingerprint density at radius 3 is 2.48 bits per heavy atom. The Kier molecular flexibility index (Phi) is 6.92. The van der Waals surface area contributed by atoms with Crippen LogP contribution in [0.2, 0.25) is 0 Å². The number of carboxylic acid groups (broad SMARTS) is 1. The molecule has 0 aliphatic heterocycles. The van der Waals surface area contributed by atoms with Gasteiger partial charge in [-0.1, -0.05) is 38.5 Å². The summed E-state index contributed by atoms with van der Waals surface area (Å²) in [4.78, 5) is 25.0. The number of amides is 1. The molecule has 0 aromatic heterocycles. The van der Waals surface area contributed by atoms with E-state index in [1.807, 2.05) is 39.0 Å². The second kappa shape index (κ2) is 8.45. The lowest BCUT2D eigenvalue weighted by Crippen LogP contribution is -2.34. The second-order valence-electron chi connectivity index (χ2n) is 5.23. The molecule has 4 heteroatoms. The summed E-state index contributed by atoms with van der Waals surface area (Å²) in [5.41, 5.74) is 3.00. The highest BCUT2D eigenvalue weighted by Gasteiger charge is 2.20. The van der Waals surface area contributed by atoms with E-state index in [1.165, 1.54) is 0 Å². The summed E-state index contributed by atoms with van der Waals surface area (Å²) in [6.45, 7) is 6.29. The number of benzene rings is 1. The van der Waals surface area contributed by atoms with E-state index in [2.05, 4.69) is 0 Å². The SMILES string of the molecule is CCCCC(=O)N(CCC(=O)O)c1c(C)cccc1CC. The van der Waals surface area contributed by atoms with Crippen molar-refractivity contribution in [1.82, 2.24) is 0 Å². The van der Waals surface area contributed by atoms with Gasteiger partial charge in [0.2, 0.25) is 5.91 Å². The first kappa shape index (κ1) is 17.2. The number of aliphatic carboxylic acids is 1. The number of carbonyl (C=O) groups is 2. The van der Waals surface area contributed by atoms with E-state index < -0.39 is 5.97 Å². The number of carboxylic acids is 1. The fraction of sp³-hybridized carbons (Fsp3) is 0.529. The van der Waals surface area contributed by atoms with Crippen molar-refractivity contribution in [2.45, 2.75) is 52.9 Å². The van der Waals surface area contributed by atoms with Gasteiger partial charge in [-0.2, -0.15) is 0 Å². The third kappa shape index (κ3) is 4.88. The predicted molar refractivity (Wildman–Crippen MR) is 84.7 cm³/mol. The average molecular weight is 291 g/mol. The van der Waals surface area contributed by atoms with Crippen molar-refractivity contribution in [2.24, 2.45) is 0 Å². The van der Waals surface area contributed by atoms with Crippen LogP contribution < -0.4 is 4.90 Å². The summed E-state index contributed by atoms with van der Waals surface area (Å²) in [5, 5.41) is 8.92. The van der Waals surface area contributed by atoms with Crippen LogP contribution in [0.15, 0.2) is 18.2 Å². The van der Waals surface area contributed by atoms with Crippen molar-refractivity contribution >= 4 is 17.6 Å². The molecule has 0 bridgehead atoms. The minimum Gasteiger partial charge on any atom is -0.481 e. The maximum Gasteiger partial charge on any atom is 0.305 e. The van der Waals surface area contributed by atoms with Gasteiger partial charge >= 0.3 is 5.97 Å². The van der Waals surface area contributed by atoms with Gasteiger partial charge in [-0.15, -0.1) is 0 Å². The molecule has 0 saturated carbocycles. The summed E-state index contributed by atoms with van der Waals surface area (Å²) in [6, 6.07) is 5.95. The molecule has 0 aliphatic carbocycles. The fourth-order valence-electron chi connectivity index (χ4n) is 2.42. The van der Waals surface area contributed by atoms with E-state index in [4.69, 9.17) is 5.11 Å². The Morgan fingerprint density at radius 2 is 1.90 bits per heavy atom. The predicted octanol–water partition coefficient (Wildman–Crippen LogP) is 3.56. The molecule has 0 heterocycles. The summed E-state index contributed by atoms with van der Waals surface area (Å²) < 4.78 is 0. The Labute approximate surface area is 126 Å². The lowest BCUT2D eigenvalue weighted by molar-refractivity contribution is -0.136. The standard InChI is InChI=1S/C17H25NO3/c1-4-6-10-15(19)18(12-11-16(20)21)17-13(3)8-7-9-14(17)5-2/h7-9H,4-6,10-12H2,1-3H3,(H,20,21). The van der Waals surface area contributed by atoms with Crippen LogP contribution >= 0.6 is 0 Å². The van der Waals surface area contributed by atoms with Gasteiger partial charge in [-0.25, -0.2) is 0 Å². The van der Waals surface area contributed by atoms with E-state index in [9.17, 15) is 9.59 Å². The van der Waals surface area contributed by atoms with Gasteiger partial charge in [-0.3, -0.25) is 9.59 Å². The zero-order valence-corrected chi connectivity index (χ0v) is 13.2. The number of aryl methyl sites for hydroxylation is 2. The van der Waals surface area contributed by atoms with E-state index in [0.29, 0.717) is 6.42 Å². The third-order valence-corrected chi connectivity index (χ3v) is 3.57. The molecule has 1 amide bonds. The molecular weight excluding hydrogens is 266 g/mol.